The maximum atomic E-state index is 4.23. The second kappa shape index (κ2) is 4.94. The Labute approximate surface area is 85.7 Å². The van der Waals surface area contributed by atoms with Gasteiger partial charge in [-0.1, -0.05) is 22.9 Å². The summed E-state index contributed by atoms with van der Waals surface area (Å²) in [5, 5.41) is 3.20. The zero-order chi connectivity index (χ0) is 8.97. The minimum atomic E-state index is 0.544. The van der Waals surface area contributed by atoms with Crippen LogP contribution in [0.3, 0.4) is 0 Å². The Balaban J connectivity index is 2.32. The highest BCUT2D eigenvalue weighted by Crippen LogP contribution is 2.08. The Morgan fingerprint density at radius 2 is 2.50 bits per heavy atom. The van der Waals surface area contributed by atoms with Gasteiger partial charge in [-0.3, -0.25) is 4.90 Å². The van der Waals surface area contributed by atoms with Gasteiger partial charge >= 0.3 is 0 Å². The number of rotatable bonds is 4. The first-order valence-electron chi connectivity index (χ1n) is 3.89. The van der Waals surface area contributed by atoms with E-state index in [4.69, 9.17) is 0 Å². The number of nitrogens with zero attached hydrogens (tertiary/aromatic N) is 2. The van der Waals surface area contributed by atoms with Crippen LogP contribution in [-0.4, -0.2) is 28.3 Å². The van der Waals surface area contributed by atoms with Crippen LogP contribution in [-0.2, 0) is 6.54 Å². The van der Waals surface area contributed by atoms with E-state index in [9.17, 15) is 0 Å². The van der Waals surface area contributed by atoms with Crippen LogP contribution in [0.1, 0.15) is 11.9 Å². The molecule has 0 saturated heterocycles. The van der Waals surface area contributed by atoms with E-state index in [0.29, 0.717) is 4.83 Å². The van der Waals surface area contributed by atoms with E-state index in [1.807, 2.05) is 11.6 Å². The fraction of sp³-hybridized carbons (Fsp3) is 0.625. The van der Waals surface area contributed by atoms with Gasteiger partial charge < -0.3 is 0 Å². The molecule has 0 fully saturated rings. The van der Waals surface area contributed by atoms with Crippen LogP contribution < -0.4 is 0 Å². The van der Waals surface area contributed by atoms with Crippen molar-refractivity contribution in [3.05, 3.63) is 16.6 Å². The molecule has 0 aliphatic heterocycles. The van der Waals surface area contributed by atoms with Gasteiger partial charge in [0, 0.05) is 22.9 Å². The summed E-state index contributed by atoms with van der Waals surface area (Å²) in [4.78, 5) is 7.03. The lowest BCUT2D eigenvalue weighted by Gasteiger charge is -2.16. The highest BCUT2D eigenvalue weighted by Gasteiger charge is 2.04. The molecule has 4 heteroatoms. The third-order valence-electron chi connectivity index (χ3n) is 1.45. The molecule has 1 unspecified atom stereocenters. The van der Waals surface area contributed by atoms with E-state index in [0.717, 1.165) is 13.1 Å². The van der Waals surface area contributed by atoms with E-state index >= 15 is 0 Å². The summed E-state index contributed by atoms with van der Waals surface area (Å²) < 4.78 is 0. The molecule has 1 rings (SSSR count). The molecular formula is C8H13BrN2S. The average molecular weight is 249 g/mol. The van der Waals surface area contributed by atoms with Crippen LogP contribution in [0, 0.1) is 0 Å². The van der Waals surface area contributed by atoms with Gasteiger partial charge in [0.15, 0.2) is 0 Å². The first-order chi connectivity index (χ1) is 5.68. The van der Waals surface area contributed by atoms with Crippen LogP contribution in [0.25, 0.3) is 0 Å². The van der Waals surface area contributed by atoms with Crippen LogP contribution in [0.5, 0.6) is 0 Å². The van der Waals surface area contributed by atoms with Crippen molar-refractivity contribution in [2.45, 2.75) is 18.3 Å². The Hall–Kier alpha value is 0.0700. The summed E-state index contributed by atoms with van der Waals surface area (Å²) in [6.45, 7) is 4.16. The van der Waals surface area contributed by atoms with Crippen molar-refractivity contribution >= 4 is 27.3 Å². The standard InChI is InChI=1S/C8H13BrN2S/c1-7(9)5-11(2)6-8-10-3-4-12-8/h3-4,7H,5-6H2,1-2H3. The van der Waals surface area contributed by atoms with Crippen LogP contribution >= 0.6 is 27.3 Å². The molecule has 0 radical (unpaired) electrons. The van der Waals surface area contributed by atoms with E-state index in [2.05, 4.69) is 39.8 Å². The molecule has 0 spiro atoms. The first kappa shape index (κ1) is 10.2. The van der Waals surface area contributed by atoms with Crippen molar-refractivity contribution in [3.8, 4) is 0 Å². The van der Waals surface area contributed by atoms with E-state index in [-0.39, 0.29) is 0 Å². The van der Waals surface area contributed by atoms with Crippen LogP contribution in [0.4, 0.5) is 0 Å². The smallest absolute Gasteiger partial charge is 0.107 e. The van der Waals surface area contributed by atoms with Crippen LogP contribution in [0.2, 0.25) is 0 Å². The van der Waals surface area contributed by atoms with Crippen molar-refractivity contribution in [1.29, 1.82) is 0 Å². The van der Waals surface area contributed by atoms with Gasteiger partial charge in [0.25, 0.3) is 0 Å². The monoisotopic (exact) mass is 248 g/mol. The number of alkyl halides is 1. The molecule has 0 N–H and O–H groups in total. The lowest BCUT2D eigenvalue weighted by atomic mass is 10.4. The highest BCUT2D eigenvalue weighted by molar-refractivity contribution is 9.09. The van der Waals surface area contributed by atoms with Crippen molar-refractivity contribution in [2.75, 3.05) is 13.6 Å². The molecule has 12 heavy (non-hydrogen) atoms. The molecule has 68 valence electrons. The third kappa shape index (κ3) is 3.65. The zero-order valence-corrected chi connectivity index (χ0v) is 9.73. The van der Waals surface area contributed by atoms with Gasteiger partial charge in [-0.15, -0.1) is 11.3 Å². The molecule has 0 aliphatic carbocycles. The summed E-state index contributed by atoms with van der Waals surface area (Å²) in [6.07, 6.45) is 1.85. The molecule has 0 saturated carbocycles. The Bertz CT molecular complexity index is 211. The van der Waals surface area contributed by atoms with Gasteiger partial charge in [-0.05, 0) is 7.05 Å². The predicted molar refractivity (Wildman–Crippen MR) is 56.8 cm³/mol. The van der Waals surface area contributed by atoms with Crippen molar-refractivity contribution in [3.63, 3.8) is 0 Å². The molecule has 0 aliphatic rings. The second-order valence-corrected chi connectivity index (χ2v) is 5.45. The number of hydrogen-bond donors (Lipinski definition) is 0. The Kier molecular flexibility index (Phi) is 4.18. The zero-order valence-electron chi connectivity index (χ0n) is 7.33. The van der Waals surface area contributed by atoms with Gasteiger partial charge in [-0.2, -0.15) is 0 Å². The maximum absolute atomic E-state index is 4.23. The van der Waals surface area contributed by atoms with Crippen LogP contribution in [0.15, 0.2) is 11.6 Å². The SMILES string of the molecule is CC(Br)CN(C)Cc1nccs1. The fourth-order valence-electron chi connectivity index (χ4n) is 1.06. The van der Waals surface area contributed by atoms with E-state index in [1.54, 1.807) is 11.3 Å². The summed E-state index contributed by atoms with van der Waals surface area (Å²) in [6, 6.07) is 0. The van der Waals surface area contributed by atoms with E-state index in [1.165, 1.54) is 5.01 Å². The Morgan fingerprint density at radius 1 is 1.75 bits per heavy atom. The number of thiazole rings is 1. The first-order valence-corrected chi connectivity index (χ1v) is 5.69. The summed E-state index contributed by atoms with van der Waals surface area (Å²) >= 11 is 5.23. The topological polar surface area (TPSA) is 16.1 Å². The normalized spacial score (nSPS) is 13.7. The molecular weight excluding hydrogens is 236 g/mol. The van der Waals surface area contributed by atoms with E-state index < -0.39 is 0 Å². The molecule has 1 atom stereocenters. The quantitative estimate of drug-likeness (QED) is 0.761. The maximum Gasteiger partial charge on any atom is 0.107 e. The van der Waals surface area contributed by atoms with Gasteiger partial charge in [-0.25, -0.2) is 4.98 Å². The lowest BCUT2D eigenvalue weighted by molar-refractivity contribution is 0.332. The number of aromatic nitrogens is 1. The number of hydrogen-bond acceptors (Lipinski definition) is 3. The summed E-state index contributed by atoms with van der Waals surface area (Å²) in [7, 11) is 2.11. The third-order valence-corrected chi connectivity index (χ3v) is 2.51. The van der Waals surface area contributed by atoms with Crippen molar-refractivity contribution in [1.82, 2.24) is 9.88 Å². The minimum Gasteiger partial charge on any atom is -0.299 e. The second-order valence-electron chi connectivity index (χ2n) is 2.90. The minimum absolute atomic E-state index is 0.544. The van der Waals surface area contributed by atoms with Gasteiger partial charge in [0.1, 0.15) is 5.01 Å². The molecule has 1 aromatic heterocycles. The summed E-state index contributed by atoms with van der Waals surface area (Å²) in [5.41, 5.74) is 0. The predicted octanol–water partition coefficient (Wildman–Crippen LogP) is 2.36. The largest absolute Gasteiger partial charge is 0.299 e. The highest BCUT2D eigenvalue weighted by atomic mass is 79.9. The molecule has 2 nitrogen and oxygen atoms in total. The molecule has 0 amide bonds. The van der Waals surface area contributed by atoms with Crippen molar-refractivity contribution in [2.24, 2.45) is 0 Å². The molecule has 0 bridgehead atoms. The fourth-order valence-corrected chi connectivity index (χ4v) is 2.25. The van der Waals surface area contributed by atoms with Gasteiger partial charge in [0.2, 0.25) is 0 Å². The average Bonchev–Trinajstić information content (AvgIpc) is 2.37. The summed E-state index contributed by atoms with van der Waals surface area (Å²) in [5.74, 6) is 0. The molecule has 0 aromatic carbocycles. The Morgan fingerprint density at radius 3 is 3.00 bits per heavy atom. The van der Waals surface area contributed by atoms with Crippen molar-refractivity contribution < 1.29 is 0 Å². The van der Waals surface area contributed by atoms with Gasteiger partial charge in [0.05, 0.1) is 6.54 Å². The molecule has 1 aromatic rings. The lowest BCUT2D eigenvalue weighted by Crippen LogP contribution is -2.23. The molecule has 1 heterocycles. The number of halogens is 1.